The molecule has 1 aromatic heterocycles. The van der Waals surface area contributed by atoms with E-state index in [1.54, 1.807) is 6.92 Å². The molecule has 23 heavy (non-hydrogen) atoms. The number of quaternary nitrogens is 1. The molecule has 1 N–H and O–H groups in total. The first-order chi connectivity index (χ1) is 10.7. The maximum atomic E-state index is 11.1. The lowest BCUT2D eigenvalue weighted by molar-refractivity contribution is -0.958. The van der Waals surface area contributed by atoms with Crippen molar-refractivity contribution in [3.63, 3.8) is 0 Å². The number of nitrogens with one attached hydrogen (secondary N) is 1. The highest BCUT2D eigenvalue weighted by Crippen LogP contribution is 2.28. The summed E-state index contributed by atoms with van der Waals surface area (Å²) in [4.78, 5) is 17.2. The molecule has 1 atom stereocenters. The van der Waals surface area contributed by atoms with Crippen LogP contribution in [0.15, 0.2) is 24.3 Å². The van der Waals surface area contributed by atoms with Gasteiger partial charge in [0.1, 0.15) is 11.6 Å². The zero-order valence-corrected chi connectivity index (χ0v) is 15.2. The summed E-state index contributed by atoms with van der Waals surface area (Å²) in [6.07, 6.45) is 0. The van der Waals surface area contributed by atoms with E-state index in [9.17, 15) is 9.90 Å². The van der Waals surface area contributed by atoms with Crippen LogP contribution in [0, 0.1) is 6.92 Å². The molecule has 0 aliphatic heterocycles. The molecule has 0 saturated heterocycles. The number of hydrogen-bond donors (Lipinski definition) is 1. The van der Waals surface area contributed by atoms with Crippen molar-refractivity contribution in [2.45, 2.75) is 46.7 Å². The van der Waals surface area contributed by atoms with Crippen molar-refractivity contribution in [2.75, 3.05) is 6.54 Å². The Hall–Kier alpha value is -1.72. The zero-order valence-electron chi connectivity index (χ0n) is 14.4. The second kappa shape index (κ2) is 6.81. The number of nitrogens with zero attached hydrogens (tertiary/aromatic N) is 1. The number of hydrogen-bond acceptors (Lipinski definition) is 4. The normalized spacial score (nSPS) is 13.1. The molecular formula is C18H24N2O2S. The van der Waals surface area contributed by atoms with Crippen molar-refractivity contribution in [2.24, 2.45) is 0 Å². The molecule has 0 aliphatic rings. The van der Waals surface area contributed by atoms with Crippen LogP contribution in [-0.2, 0) is 6.54 Å². The molecule has 2 rings (SSSR count). The van der Waals surface area contributed by atoms with Crippen molar-refractivity contribution in [1.29, 1.82) is 0 Å². The molecule has 4 nitrogen and oxygen atoms in total. The van der Waals surface area contributed by atoms with Crippen LogP contribution in [0.4, 0.5) is 0 Å². The van der Waals surface area contributed by atoms with Gasteiger partial charge in [-0.05, 0) is 40.7 Å². The van der Waals surface area contributed by atoms with Gasteiger partial charge in [-0.3, -0.25) is 0 Å². The molecule has 1 unspecified atom stereocenters. The van der Waals surface area contributed by atoms with Crippen LogP contribution in [0.25, 0.3) is 10.6 Å². The average Bonchev–Trinajstić information content (AvgIpc) is 2.86. The van der Waals surface area contributed by atoms with E-state index in [4.69, 9.17) is 0 Å². The fourth-order valence-corrected chi connectivity index (χ4v) is 3.59. The summed E-state index contributed by atoms with van der Waals surface area (Å²) in [5.41, 5.74) is 2.90. The van der Waals surface area contributed by atoms with Crippen LogP contribution < -0.4 is 10.0 Å². The van der Waals surface area contributed by atoms with Crippen molar-refractivity contribution < 1.29 is 14.8 Å². The molecule has 1 heterocycles. The van der Waals surface area contributed by atoms with E-state index in [1.807, 2.05) is 12.1 Å². The largest absolute Gasteiger partial charge is 0.544 e. The van der Waals surface area contributed by atoms with Crippen LogP contribution in [0.2, 0.25) is 0 Å². The molecule has 0 bridgehead atoms. The summed E-state index contributed by atoms with van der Waals surface area (Å²) in [6, 6.07) is 8.21. The molecular weight excluding hydrogens is 308 g/mol. The number of rotatable bonds is 5. The lowest BCUT2D eigenvalue weighted by atomic mass is 10.0. The first-order valence-corrected chi connectivity index (χ1v) is 8.67. The Morgan fingerprint density at radius 3 is 2.57 bits per heavy atom. The van der Waals surface area contributed by atoms with Crippen molar-refractivity contribution in [1.82, 2.24) is 4.98 Å². The van der Waals surface area contributed by atoms with Gasteiger partial charge in [-0.2, -0.15) is 0 Å². The number of thiazole rings is 1. The highest BCUT2D eigenvalue weighted by Gasteiger charge is 2.23. The van der Waals surface area contributed by atoms with E-state index in [1.165, 1.54) is 21.8 Å². The minimum absolute atomic E-state index is 0.185. The molecule has 0 aliphatic carbocycles. The standard InChI is InChI=1S/C18H24N2O2S/c1-6-20(18(3,4)5)11-13-8-7-9-14(10-13)16-19-12(2)15(23-16)17(21)22/h7-10H,6,11H2,1-5H3,(H,21,22). The van der Waals surface area contributed by atoms with Gasteiger partial charge in [0.2, 0.25) is 0 Å². The monoisotopic (exact) mass is 332 g/mol. The Morgan fingerprint density at radius 2 is 2.04 bits per heavy atom. The summed E-state index contributed by atoms with van der Waals surface area (Å²) < 4.78 is 0. The molecule has 5 heteroatoms. The Labute approximate surface area is 141 Å². The lowest BCUT2D eigenvalue weighted by Crippen LogP contribution is -3.17. The maximum absolute atomic E-state index is 11.1. The number of carbonyl (C=O) groups excluding carboxylic acids is 1. The molecule has 0 amide bonds. The zero-order chi connectivity index (χ0) is 17.2. The average molecular weight is 332 g/mol. The van der Waals surface area contributed by atoms with Crippen molar-refractivity contribution in [3.8, 4) is 10.6 Å². The van der Waals surface area contributed by atoms with Crippen LogP contribution in [0.3, 0.4) is 0 Å². The van der Waals surface area contributed by atoms with Gasteiger partial charge >= 0.3 is 0 Å². The number of carbonyl (C=O) groups is 1. The Bertz CT molecular complexity index is 701. The number of carboxylic acids is 1. The number of aromatic nitrogens is 1. The summed E-state index contributed by atoms with van der Waals surface area (Å²) in [6.45, 7) is 12.6. The number of benzene rings is 1. The first kappa shape index (κ1) is 17.6. The predicted molar refractivity (Wildman–Crippen MR) is 91.6 cm³/mol. The molecule has 1 aromatic carbocycles. The third-order valence-electron chi connectivity index (χ3n) is 4.06. The van der Waals surface area contributed by atoms with Crippen molar-refractivity contribution >= 4 is 17.3 Å². The van der Waals surface area contributed by atoms with Crippen LogP contribution in [0.1, 0.15) is 48.6 Å². The second-order valence-corrected chi connectivity index (χ2v) is 7.80. The highest BCUT2D eigenvalue weighted by atomic mass is 32.1. The highest BCUT2D eigenvalue weighted by molar-refractivity contribution is 7.17. The Kier molecular flexibility index (Phi) is 5.22. The molecule has 0 fully saturated rings. The number of aromatic carboxylic acids is 1. The van der Waals surface area contributed by atoms with Crippen LogP contribution >= 0.6 is 11.3 Å². The second-order valence-electron chi connectivity index (χ2n) is 6.81. The Morgan fingerprint density at radius 1 is 1.35 bits per heavy atom. The van der Waals surface area contributed by atoms with Crippen LogP contribution in [0.5, 0.6) is 0 Å². The van der Waals surface area contributed by atoms with Gasteiger partial charge in [0.25, 0.3) is 0 Å². The fourth-order valence-electron chi connectivity index (χ4n) is 2.69. The van der Waals surface area contributed by atoms with E-state index in [-0.39, 0.29) is 10.4 Å². The van der Waals surface area contributed by atoms with Gasteiger partial charge in [-0.1, -0.05) is 18.2 Å². The van der Waals surface area contributed by atoms with E-state index in [0.29, 0.717) is 5.69 Å². The van der Waals surface area contributed by atoms with Gasteiger partial charge < -0.3 is 14.8 Å². The summed E-state index contributed by atoms with van der Waals surface area (Å²) in [5.74, 6) is -1.16. The van der Waals surface area contributed by atoms with E-state index >= 15 is 0 Å². The SMILES string of the molecule is CC[NH+](Cc1cccc(-c2nc(C)c(C(=O)[O-])s2)c1)C(C)(C)C. The first-order valence-electron chi connectivity index (χ1n) is 7.85. The van der Waals surface area contributed by atoms with E-state index in [2.05, 4.69) is 44.8 Å². The minimum Gasteiger partial charge on any atom is -0.544 e. The fraction of sp³-hybridized carbons (Fsp3) is 0.444. The van der Waals surface area contributed by atoms with Gasteiger partial charge in [0.15, 0.2) is 0 Å². The van der Waals surface area contributed by atoms with E-state index < -0.39 is 5.97 Å². The lowest BCUT2D eigenvalue weighted by Gasteiger charge is -2.31. The molecule has 0 radical (unpaired) electrons. The molecule has 2 aromatic rings. The summed E-state index contributed by atoms with van der Waals surface area (Å²) in [5, 5.41) is 11.8. The van der Waals surface area contributed by atoms with Gasteiger partial charge in [-0.15, -0.1) is 11.3 Å². The summed E-state index contributed by atoms with van der Waals surface area (Å²) >= 11 is 1.18. The van der Waals surface area contributed by atoms with Crippen LogP contribution in [-0.4, -0.2) is 23.0 Å². The van der Waals surface area contributed by atoms with E-state index in [0.717, 1.165) is 23.7 Å². The third-order valence-corrected chi connectivity index (χ3v) is 5.25. The van der Waals surface area contributed by atoms with Gasteiger partial charge in [-0.25, -0.2) is 4.98 Å². The molecule has 0 saturated carbocycles. The Balaban J connectivity index is 2.30. The smallest absolute Gasteiger partial charge is 0.124 e. The number of aryl methyl sites for hydroxylation is 1. The minimum atomic E-state index is -1.16. The molecule has 0 spiro atoms. The molecule has 124 valence electrons. The third kappa shape index (κ3) is 4.18. The topological polar surface area (TPSA) is 57.5 Å². The summed E-state index contributed by atoms with van der Waals surface area (Å²) in [7, 11) is 0. The maximum Gasteiger partial charge on any atom is 0.124 e. The van der Waals surface area contributed by atoms with Crippen molar-refractivity contribution in [3.05, 3.63) is 40.4 Å². The predicted octanol–water partition coefficient (Wildman–Crippen LogP) is 1.69. The van der Waals surface area contributed by atoms with Gasteiger partial charge in [0, 0.05) is 11.1 Å². The quantitative estimate of drug-likeness (QED) is 0.906. The number of carboxylic acid groups (broad SMARTS) is 1. The van der Waals surface area contributed by atoms with Gasteiger partial charge in [0.05, 0.1) is 28.6 Å².